The van der Waals surface area contributed by atoms with Crippen LogP contribution in [0.15, 0.2) is 16.6 Å². The Morgan fingerprint density at radius 2 is 2.00 bits per heavy atom. The van der Waals surface area contributed by atoms with E-state index >= 15 is 0 Å². The molecule has 1 aliphatic heterocycles. The molecule has 148 valence electrons. The second-order valence-electron chi connectivity index (χ2n) is 6.03. The minimum absolute atomic E-state index is 0.169. The van der Waals surface area contributed by atoms with Gasteiger partial charge in [0.15, 0.2) is 0 Å². The van der Waals surface area contributed by atoms with E-state index in [0.717, 1.165) is 24.0 Å². The highest BCUT2D eigenvalue weighted by Gasteiger charge is 2.25. The van der Waals surface area contributed by atoms with Crippen LogP contribution in [0.3, 0.4) is 0 Å². The fourth-order valence-electron chi connectivity index (χ4n) is 2.97. The first-order valence-corrected chi connectivity index (χ1v) is 11.3. The zero-order valence-corrected chi connectivity index (χ0v) is 18.5. The summed E-state index contributed by atoms with van der Waals surface area (Å²) in [7, 11) is 2.49. The second-order valence-corrected chi connectivity index (χ2v) is 8.37. The molecular formula is C18H29BrN2O4S. The number of rotatable bonds is 6. The van der Waals surface area contributed by atoms with E-state index in [1.54, 1.807) is 32.8 Å². The number of likely N-dealkylation sites (N-methyl/N-ethyl adjacent to an activating group) is 1. The summed E-state index contributed by atoms with van der Waals surface area (Å²) in [5.41, 5.74) is 0.431. The first-order valence-electron chi connectivity index (χ1n) is 8.53. The number of nitrogens with zero attached hydrogens (tertiary/aromatic N) is 1. The van der Waals surface area contributed by atoms with E-state index in [1.165, 1.54) is 6.42 Å². The van der Waals surface area contributed by atoms with Crippen molar-refractivity contribution in [3.63, 3.8) is 0 Å². The third-order valence-electron chi connectivity index (χ3n) is 4.13. The molecule has 6 nitrogen and oxygen atoms in total. The van der Waals surface area contributed by atoms with Gasteiger partial charge < -0.3 is 14.8 Å². The number of likely N-dealkylation sites (tertiary alicyclic amines) is 1. The summed E-state index contributed by atoms with van der Waals surface area (Å²) in [5.74, 6) is 0.838. The van der Waals surface area contributed by atoms with Gasteiger partial charge in [0.25, 0.3) is 5.91 Å². The van der Waals surface area contributed by atoms with Crippen molar-refractivity contribution in [1.29, 1.82) is 0 Å². The lowest BCUT2D eigenvalue weighted by atomic mass is 10.1. The van der Waals surface area contributed by atoms with Crippen molar-refractivity contribution in [3.8, 4) is 11.5 Å². The van der Waals surface area contributed by atoms with Gasteiger partial charge >= 0.3 is 0 Å². The summed E-state index contributed by atoms with van der Waals surface area (Å²) >= 11 is 3.41. The van der Waals surface area contributed by atoms with Gasteiger partial charge in [-0.25, -0.2) is 0 Å². The predicted octanol–water partition coefficient (Wildman–Crippen LogP) is 2.68. The van der Waals surface area contributed by atoms with E-state index in [9.17, 15) is 9.00 Å². The van der Waals surface area contributed by atoms with Crippen molar-refractivity contribution < 1.29 is 18.5 Å². The second kappa shape index (κ2) is 11.6. The van der Waals surface area contributed by atoms with E-state index < -0.39 is 10.8 Å². The average Bonchev–Trinajstić information content (AvgIpc) is 3.06. The van der Waals surface area contributed by atoms with Gasteiger partial charge in [-0.1, -0.05) is 6.92 Å². The molecule has 1 aromatic rings. The molecule has 0 aliphatic carbocycles. The Morgan fingerprint density at radius 3 is 2.54 bits per heavy atom. The quantitative estimate of drug-likeness (QED) is 0.724. The van der Waals surface area contributed by atoms with Crippen molar-refractivity contribution in [1.82, 2.24) is 10.2 Å². The third kappa shape index (κ3) is 6.55. The van der Waals surface area contributed by atoms with E-state index in [-0.39, 0.29) is 5.91 Å². The Bertz CT molecular complexity index is 623. The summed E-state index contributed by atoms with van der Waals surface area (Å²) in [6.45, 7) is 4.93. The highest BCUT2D eigenvalue weighted by molar-refractivity contribution is 9.10. The molecule has 1 fully saturated rings. The molecule has 0 aromatic heterocycles. The number of hydrogen-bond donors (Lipinski definition) is 1. The minimum atomic E-state index is -0.611. The Balaban J connectivity index is 0.000000765. The highest BCUT2D eigenvalue weighted by atomic mass is 79.9. The van der Waals surface area contributed by atoms with Crippen LogP contribution < -0.4 is 14.8 Å². The number of halogens is 1. The van der Waals surface area contributed by atoms with Gasteiger partial charge in [0.05, 0.1) is 18.7 Å². The van der Waals surface area contributed by atoms with Crippen molar-refractivity contribution >= 4 is 32.6 Å². The average molecular weight is 449 g/mol. The molecule has 26 heavy (non-hydrogen) atoms. The highest BCUT2D eigenvalue weighted by Crippen LogP contribution is 2.35. The number of carbonyl (C=O) groups is 1. The van der Waals surface area contributed by atoms with E-state index in [4.69, 9.17) is 9.47 Å². The lowest BCUT2D eigenvalue weighted by molar-refractivity contribution is 0.0935. The molecule has 0 radical (unpaired) electrons. The van der Waals surface area contributed by atoms with Crippen LogP contribution >= 0.6 is 15.9 Å². The lowest BCUT2D eigenvalue weighted by Crippen LogP contribution is -2.40. The van der Waals surface area contributed by atoms with Gasteiger partial charge in [0, 0.05) is 35.9 Å². The van der Waals surface area contributed by atoms with Gasteiger partial charge in [-0.3, -0.25) is 13.9 Å². The number of benzene rings is 1. The van der Waals surface area contributed by atoms with Crippen LogP contribution in [-0.2, 0) is 10.8 Å². The Labute approximate surface area is 167 Å². The normalized spacial score (nSPS) is 16.8. The van der Waals surface area contributed by atoms with Gasteiger partial charge in [-0.2, -0.15) is 0 Å². The monoisotopic (exact) mass is 448 g/mol. The zero-order valence-electron chi connectivity index (χ0n) is 16.1. The van der Waals surface area contributed by atoms with E-state index in [0.29, 0.717) is 29.6 Å². The molecule has 0 spiro atoms. The first-order chi connectivity index (χ1) is 12.3. The number of amides is 1. The van der Waals surface area contributed by atoms with Crippen molar-refractivity contribution in [2.45, 2.75) is 25.8 Å². The predicted molar refractivity (Wildman–Crippen MR) is 110 cm³/mol. The molecule has 0 unspecified atom stereocenters. The van der Waals surface area contributed by atoms with E-state index in [1.807, 2.05) is 6.07 Å². The van der Waals surface area contributed by atoms with Gasteiger partial charge in [0.2, 0.25) is 0 Å². The summed E-state index contributed by atoms with van der Waals surface area (Å²) in [6.07, 6.45) is 5.60. The molecular weight excluding hydrogens is 420 g/mol. The number of carbonyl (C=O) groups excluding carboxylic acids is 1. The summed E-state index contributed by atoms with van der Waals surface area (Å²) in [4.78, 5) is 15.0. The summed E-state index contributed by atoms with van der Waals surface area (Å²) in [6, 6.07) is 3.98. The van der Waals surface area contributed by atoms with Gasteiger partial charge in [0.1, 0.15) is 17.1 Å². The molecule has 8 heteroatoms. The van der Waals surface area contributed by atoms with Crippen LogP contribution in [0, 0.1) is 0 Å². The fraction of sp³-hybridized carbons (Fsp3) is 0.611. The number of ether oxygens (including phenoxy) is 2. The van der Waals surface area contributed by atoms with Crippen LogP contribution in [0.25, 0.3) is 0 Å². The molecule has 1 heterocycles. The molecule has 2 rings (SSSR count). The van der Waals surface area contributed by atoms with Crippen LogP contribution in [0.1, 0.15) is 30.1 Å². The molecule has 1 N–H and O–H groups in total. The maximum absolute atomic E-state index is 12.6. The fourth-order valence-corrected chi connectivity index (χ4v) is 3.46. The molecule has 1 saturated heterocycles. The Hall–Kier alpha value is -1.12. The Morgan fingerprint density at radius 1 is 1.35 bits per heavy atom. The molecule has 1 amide bonds. The number of nitrogens with one attached hydrogen (secondary N) is 1. The molecule has 1 aliphatic rings. The summed E-state index contributed by atoms with van der Waals surface area (Å²) in [5, 5.41) is 3.02. The Kier molecular flexibility index (Phi) is 10.2. The van der Waals surface area contributed by atoms with Gasteiger partial charge in [-0.15, -0.1) is 0 Å². The van der Waals surface area contributed by atoms with Gasteiger partial charge in [-0.05, 0) is 54.0 Å². The maximum atomic E-state index is 12.6. The topological polar surface area (TPSA) is 67.9 Å². The maximum Gasteiger partial charge on any atom is 0.258 e. The lowest BCUT2D eigenvalue weighted by Gasteiger charge is -2.23. The minimum Gasteiger partial charge on any atom is -0.496 e. The third-order valence-corrected chi connectivity index (χ3v) is 4.75. The van der Waals surface area contributed by atoms with Crippen molar-refractivity contribution in [2.24, 2.45) is 0 Å². The van der Waals surface area contributed by atoms with Crippen LogP contribution in [0.5, 0.6) is 11.5 Å². The van der Waals surface area contributed by atoms with Crippen LogP contribution in [0.2, 0.25) is 0 Å². The smallest absolute Gasteiger partial charge is 0.258 e. The SMILES string of the molecule is CCN1CCC[C@H]1CNC(=O)c1c(OC)ccc(Br)c1OC.CS(C)=O. The largest absolute Gasteiger partial charge is 0.496 e. The van der Waals surface area contributed by atoms with E-state index in [2.05, 4.69) is 33.1 Å². The standard InChI is InChI=1S/C16H23BrN2O3.C2H6OS/c1-4-19-9-5-6-11(19)10-18-16(20)14-13(21-2)8-7-12(17)15(14)22-3;1-4(2)3/h7-8,11H,4-6,9-10H2,1-3H3,(H,18,20);1-2H3/t11-;/m0./s1. The van der Waals surface area contributed by atoms with Crippen LogP contribution in [-0.4, -0.2) is 67.4 Å². The zero-order chi connectivity index (χ0) is 19.7. The molecule has 1 aromatic carbocycles. The molecule has 0 bridgehead atoms. The first kappa shape index (κ1) is 22.9. The number of methoxy groups -OCH3 is 2. The van der Waals surface area contributed by atoms with Crippen molar-refractivity contribution in [3.05, 3.63) is 22.2 Å². The molecule has 0 saturated carbocycles. The molecule has 1 atom stereocenters. The summed E-state index contributed by atoms with van der Waals surface area (Å²) < 4.78 is 21.0. The van der Waals surface area contributed by atoms with Crippen LogP contribution in [0.4, 0.5) is 0 Å². The van der Waals surface area contributed by atoms with Crippen molar-refractivity contribution in [2.75, 3.05) is 46.4 Å². The number of hydrogen-bond acceptors (Lipinski definition) is 5.